The molecular formula is C17H10BrClN4O2. The minimum atomic E-state index is -0.459. The second-order valence-electron chi connectivity index (χ2n) is 5.40. The zero-order valence-electron chi connectivity index (χ0n) is 12.9. The highest BCUT2D eigenvalue weighted by molar-refractivity contribution is 9.10. The molecule has 0 aliphatic heterocycles. The van der Waals surface area contributed by atoms with E-state index in [4.69, 9.17) is 16.0 Å². The third-order valence-electron chi connectivity index (χ3n) is 3.62. The fraction of sp³-hybridized carbons (Fsp3) is 0.0588. The van der Waals surface area contributed by atoms with E-state index in [1.807, 2.05) is 13.0 Å². The summed E-state index contributed by atoms with van der Waals surface area (Å²) < 4.78 is 7.45. The van der Waals surface area contributed by atoms with E-state index in [1.165, 1.54) is 4.68 Å². The number of halogens is 2. The Labute approximate surface area is 155 Å². The van der Waals surface area contributed by atoms with Gasteiger partial charge in [0.25, 0.3) is 0 Å². The van der Waals surface area contributed by atoms with Gasteiger partial charge in [-0.15, -0.1) is 0 Å². The SMILES string of the molecule is Cc1ccc2nc(-c3cc(Br)nn3-c3ncccc3Cl)oc(=O)c2c1. The van der Waals surface area contributed by atoms with Gasteiger partial charge in [0, 0.05) is 12.3 Å². The number of nitrogens with zero attached hydrogens (tertiary/aromatic N) is 4. The van der Waals surface area contributed by atoms with Crippen molar-refractivity contribution >= 4 is 38.4 Å². The van der Waals surface area contributed by atoms with E-state index in [1.54, 1.807) is 36.5 Å². The average molecular weight is 418 g/mol. The lowest BCUT2D eigenvalue weighted by atomic mass is 10.2. The van der Waals surface area contributed by atoms with E-state index in [-0.39, 0.29) is 5.89 Å². The minimum absolute atomic E-state index is 0.140. The third kappa shape index (κ3) is 2.85. The largest absolute Gasteiger partial charge is 0.401 e. The second kappa shape index (κ2) is 6.09. The van der Waals surface area contributed by atoms with Crippen LogP contribution < -0.4 is 5.63 Å². The molecule has 0 N–H and O–H groups in total. The van der Waals surface area contributed by atoms with Crippen molar-refractivity contribution < 1.29 is 4.42 Å². The van der Waals surface area contributed by atoms with E-state index in [9.17, 15) is 4.79 Å². The summed E-state index contributed by atoms with van der Waals surface area (Å²) in [5, 5.41) is 5.18. The third-order valence-corrected chi connectivity index (χ3v) is 4.30. The van der Waals surface area contributed by atoms with Crippen LogP contribution in [0, 0.1) is 6.92 Å². The molecule has 0 amide bonds. The molecule has 8 heteroatoms. The first-order valence-electron chi connectivity index (χ1n) is 7.31. The monoisotopic (exact) mass is 416 g/mol. The Kier molecular flexibility index (Phi) is 3.89. The van der Waals surface area contributed by atoms with E-state index >= 15 is 0 Å². The molecule has 4 aromatic rings. The van der Waals surface area contributed by atoms with Gasteiger partial charge >= 0.3 is 5.63 Å². The Bertz CT molecular complexity index is 1170. The van der Waals surface area contributed by atoms with Crippen LogP contribution in [-0.4, -0.2) is 19.7 Å². The topological polar surface area (TPSA) is 73.8 Å². The number of aryl methyl sites for hydroxylation is 1. The Morgan fingerprint density at radius 1 is 1.24 bits per heavy atom. The smallest absolute Gasteiger partial charge is 0.347 e. The zero-order valence-corrected chi connectivity index (χ0v) is 15.2. The standard InChI is InChI=1S/C17H10BrClN4O2/c1-9-4-5-12-10(7-9)17(24)25-16(21-12)13-8-14(18)22-23(13)15-11(19)3-2-6-20-15/h2-8H,1H3. The summed E-state index contributed by atoms with van der Waals surface area (Å²) >= 11 is 9.55. The maximum atomic E-state index is 12.4. The van der Waals surface area contributed by atoms with Crippen LogP contribution in [0.4, 0.5) is 0 Å². The number of hydrogen-bond donors (Lipinski definition) is 0. The molecule has 0 saturated heterocycles. The van der Waals surface area contributed by atoms with Crippen LogP contribution in [0.3, 0.4) is 0 Å². The summed E-state index contributed by atoms with van der Waals surface area (Å²) in [6, 6.07) is 10.5. The summed E-state index contributed by atoms with van der Waals surface area (Å²) in [5.41, 5.74) is 1.52. The number of benzene rings is 1. The number of aromatic nitrogens is 4. The molecule has 3 aromatic heterocycles. The molecule has 4 rings (SSSR count). The van der Waals surface area contributed by atoms with E-state index in [0.29, 0.717) is 32.0 Å². The highest BCUT2D eigenvalue weighted by atomic mass is 79.9. The molecule has 0 atom stereocenters. The minimum Gasteiger partial charge on any atom is -0.401 e. The Balaban J connectivity index is 1.97. The van der Waals surface area contributed by atoms with Gasteiger partial charge in [-0.05, 0) is 47.1 Å². The molecule has 0 bridgehead atoms. The van der Waals surface area contributed by atoms with Gasteiger partial charge in [-0.3, -0.25) is 0 Å². The van der Waals surface area contributed by atoms with Crippen molar-refractivity contribution in [2.75, 3.05) is 0 Å². The normalized spacial score (nSPS) is 11.2. The first kappa shape index (κ1) is 16.0. The van der Waals surface area contributed by atoms with Gasteiger partial charge < -0.3 is 4.42 Å². The maximum Gasteiger partial charge on any atom is 0.347 e. The first-order valence-corrected chi connectivity index (χ1v) is 8.48. The molecule has 6 nitrogen and oxygen atoms in total. The fourth-order valence-corrected chi connectivity index (χ4v) is 3.07. The summed E-state index contributed by atoms with van der Waals surface area (Å²) in [5.74, 6) is 0.555. The van der Waals surface area contributed by atoms with Crippen molar-refractivity contribution in [1.82, 2.24) is 19.7 Å². The number of hydrogen-bond acceptors (Lipinski definition) is 5. The molecule has 0 radical (unpaired) electrons. The number of pyridine rings is 1. The van der Waals surface area contributed by atoms with Gasteiger partial charge in [0.15, 0.2) is 5.82 Å². The van der Waals surface area contributed by atoms with Crippen molar-refractivity contribution in [3.63, 3.8) is 0 Å². The van der Waals surface area contributed by atoms with Crippen molar-refractivity contribution in [3.8, 4) is 17.4 Å². The van der Waals surface area contributed by atoms with Crippen LogP contribution in [-0.2, 0) is 0 Å². The molecule has 0 aliphatic carbocycles. The Morgan fingerprint density at radius 3 is 2.88 bits per heavy atom. The lowest BCUT2D eigenvalue weighted by molar-refractivity contribution is 0.513. The Hall–Kier alpha value is -2.51. The molecule has 1 aromatic carbocycles. The van der Waals surface area contributed by atoms with Crippen LogP contribution in [0.25, 0.3) is 28.3 Å². The van der Waals surface area contributed by atoms with Gasteiger partial charge in [-0.2, -0.15) is 5.10 Å². The molecule has 124 valence electrons. The van der Waals surface area contributed by atoms with Crippen LogP contribution in [0.15, 0.2) is 56.4 Å². The molecular weight excluding hydrogens is 408 g/mol. The highest BCUT2D eigenvalue weighted by Gasteiger charge is 2.18. The highest BCUT2D eigenvalue weighted by Crippen LogP contribution is 2.27. The van der Waals surface area contributed by atoms with Crippen LogP contribution in [0.2, 0.25) is 5.02 Å². The zero-order chi connectivity index (χ0) is 17.6. The molecule has 3 heterocycles. The summed E-state index contributed by atoms with van der Waals surface area (Å²) in [6.45, 7) is 1.90. The predicted molar refractivity (Wildman–Crippen MR) is 98.1 cm³/mol. The maximum absolute atomic E-state index is 12.4. The van der Waals surface area contributed by atoms with Crippen molar-refractivity contribution in [2.24, 2.45) is 0 Å². The van der Waals surface area contributed by atoms with E-state index in [0.717, 1.165) is 5.56 Å². The molecule has 25 heavy (non-hydrogen) atoms. The average Bonchev–Trinajstić information content (AvgIpc) is 2.97. The van der Waals surface area contributed by atoms with E-state index in [2.05, 4.69) is 31.0 Å². The van der Waals surface area contributed by atoms with Crippen LogP contribution in [0.1, 0.15) is 5.56 Å². The summed E-state index contributed by atoms with van der Waals surface area (Å²) in [7, 11) is 0. The van der Waals surface area contributed by atoms with Crippen LogP contribution >= 0.6 is 27.5 Å². The summed E-state index contributed by atoms with van der Waals surface area (Å²) in [6.07, 6.45) is 1.60. The van der Waals surface area contributed by atoms with Gasteiger partial charge in [0.2, 0.25) is 5.89 Å². The molecule has 0 fully saturated rings. The van der Waals surface area contributed by atoms with Gasteiger partial charge in [0.05, 0.1) is 15.9 Å². The number of fused-ring (bicyclic) bond motifs is 1. The molecule has 0 spiro atoms. The summed E-state index contributed by atoms with van der Waals surface area (Å²) in [4.78, 5) is 21.1. The number of rotatable bonds is 2. The predicted octanol–water partition coefficient (Wildman–Crippen LogP) is 4.16. The van der Waals surface area contributed by atoms with Gasteiger partial charge in [0.1, 0.15) is 10.3 Å². The van der Waals surface area contributed by atoms with Crippen molar-refractivity contribution in [3.05, 3.63) is 68.2 Å². The van der Waals surface area contributed by atoms with Gasteiger partial charge in [-0.1, -0.05) is 23.2 Å². The fourth-order valence-electron chi connectivity index (χ4n) is 2.49. The lowest BCUT2D eigenvalue weighted by Gasteiger charge is -2.07. The Morgan fingerprint density at radius 2 is 2.08 bits per heavy atom. The van der Waals surface area contributed by atoms with Crippen molar-refractivity contribution in [1.29, 1.82) is 0 Å². The molecule has 0 unspecified atom stereocenters. The van der Waals surface area contributed by atoms with Crippen LogP contribution in [0.5, 0.6) is 0 Å². The van der Waals surface area contributed by atoms with Crippen molar-refractivity contribution in [2.45, 2.75) is 6.92 Å². The first-order chi connectivity index (χ1) is 12.0. The van der Waals surface area contributed by atoms with Gasteiger partial charge in [-0.25, -0.2) is 19.4 Å². The van der Waals surface area contributed by atoms with E-state index < -0.39 is 5.63 Å². The second-order valence-corrected chi connectivity index (χ2v) is 6.62. The quantitative estimate of drug-likeness (QED) is 0.489. The molecule has 0 aliphatic rings. The molecule has 0 saturated carbocycles. The lowest BCUT2D eigenvalue weighted by Crippen LogP contribution is -2.07.